The minimum atomic E-state index is 0.229. The van der Waals surface area contributed by atoms with Crippen LogP contribution in [0.3, 0.4) is 0 Å². The highest BCUT2D eigenvalue weighted by Crippen LogP contribution is 2.30. The van der Waals surface area contributed by atoms with E-state index in [1.54, 1.807) is 0 Å². The van der Waals surface area contributed by atoms with Crippen LogP contribution in [-0.2, 0) is 6.54 Å². The number of halogens is 2. The topological polar surface area (TPSA) is 25.2 Å². The van der Waals surface area contributed by atoms with Crippen molar-refractivity contribution < 1.29 is 4.42 Å². The Balaban J connectivity index is 1.79. The maximum atomic E-state index is 6.21. The van der Waals surface area contributed by atoms with Gasteiger partial charge in [0.15, 0.2) is 5.22 Å². The summed E-state index contributed by atoms with van der Waals surface area (Å²) in [4.78, 5) is 0. The first-order chi connectivity index (χ1) is 10.1. The van der Waals surface area contributed by atoms with E-state index in [2.05, 4.69) is 40.3 Å². The number of hydrogen-bond acceptors (Lipinski definition) is 2. The molecule has 0 aliphatic rings. The lowest BCUT2D eigenvalue weighted by atomic mass is 10.1. The van der Waals surface area contributed by atoms with Crippen molar-refractivity contribution in [3.63, 3.8) is 0 Å². The average molecular weight is 365 g/mol. The Morgan fingerprint density at radius 1 is 1.19 bits per heavy atom. The predicted molar refractivity (Wildman–Crippen MR) is 90.6 cm³/mol. The molecule has 1 heterocycles. The summed E-state index contributed by atoms with van der Waals surface area (Å²) in [6.45, 7) is 2.81. The summed E-state index contributed by atoms with van der Waals surface area (Å²) in [5, 5.41) is 5.03. The van der Waals surface area contributed by atoms with E-state index in [1.165, 1.54) is 5.56 Å². The molecular weight excluding hydrogens is 350 g/mol. The summed E-state index contributed by atoms with van der Waals surface area (Å²) in [6, 6.07) is 16.4. The standard InChI is InChI=1S/C17H15BrClNO/c1-11(12-5-4-6-13(18)9-12)20-10-15-14-7-2-3-8-16(14)21-17(15)19/h2-9,11,20H,10H2,1H3/t11-/m0/s1. The molecule has 1 aromatic heterocycles. The van der Waals surface area contributed by atoms with E-state index in [-0.39, 0.29) is 6.04 Å². The molecule has 3 aromatic rings. The zero-order valence-corrected chi connectivity index (χ0v) is 13.9. The van der Waals surface area contributed by atoms with Gasteiger partial charge in [-0.05, 0) is 42.3 Å². The maximum Gasteiger partial charge on any atom is 0.199 e. The molecule has 0 unspecified atom stereocenters. The number of benzene rings is 2. The molecule has 0 aliphatic carbocycles. The van der Waals surface area contributed by atoms with Gasteiger partial charge in [-0.25, -0.2) is 0 Å². The zero-order chi connectivity index (χ0) is 14.8. The lowest BCUT2D eigenvalue weighted by molar-refractivity contribution is 0.563. The third-order valence-electron chi connectivity index (χ3n) is 3.58. The van der Waals surface area contributed by atoms with E-state index < -0.39 is 0 Å². The Morgan fingerprint density at radius 3 is 2.81 bits per heavy atom. The Hall–Kier alpha value is -1.29. The summed E-state index contributed by atoms with van der Waals surface area (Å²) in [6.07, 6.45) is 0. The number of furan rings is 1. The molecular formula is C17H15BrClNO. The third-order valence-corrected chi connectivity index (χ3v) is 4.38. The maximum absolute atomic E-state index is 6.21. The smallest absolute Gasteiger partial charge is 0.199 e. The summed E-state index contributed by atoms with van der Waals surface area (Å²) in [5.41, 5.74) is 3.07. The van der Waals surface area contributed by atoms with E-state index in [9.17, 15) is 0 Å². The number of nitrogens with one attached hydrogen (secondary N) is 1. The first kappa shape index (κ1) is 14.6. The molecule has 0 fully saturated rings. The van der Waals surface area contributed by atoms with Gasteiger partial charge in [0.25, 0.3) is 0 Å². The second-order valence-electron chi connectivity index (χ2n) is 5.01. The second-order valence-corrected chi connectivity index (χ2v) is 6.27. The molecule has 0 saturated heterocycles. The van der Waals surface area contributed by atoms with Crippen LogP contribution in [0.5, 0.6) is 0 Å². The molecule has 3 rings (SSSR count). The predicted octanol–water partition coefficient (Wildman–Crippen LogP) is 5.70. The first-order valence-corrected chi connectivity index (χ1v) is 7.97. The van der Waals surface area contributed by atoms with Gasteiger partial charge in [-0.3, -0.25) is 0 Å². The van der Waals surface area contributed by atoms with E-state index in [0.29, 0.717) is 11.8 Å². The molecule has 1 atom stereocenters. The van der Waals surface area contributed by atoms with Crippen molar-refractivity contribution in [1.29, 1.82) is 0 Å². The van der Waals surface area contributed by atoms with Gasteiger partial charge in [-0.2, -0.15) is 0 Å². The van der Waals surface area contributed by atoms with Crippen molar-refractivity contribution in [2.24, 2.45) is 0 Å². The molecule has 0 saturated carbocycles. The summed E-state index contributed by atoms with van der Waals surface area (Å²) >= 11 is 9.71. The highest BCUT2D eigenvalue weighted by Gasteiger charge is 2.13. The van der Waals surface area contributed by atoms with Gasteiger partial charge in [0.2, 0.25) is 0 Å². The molecule has 2 aromatic carbocycles. The summed E-state index contributed by atoms with van der Waals surface area (Å²) in [7, 11) is 0. The number of rotatable bonds is 4. The molecule has 4 heteroatoms. The van der Waals surface area contributed by atoms with Crippen LogP contribution in [0.25, 0.3) is 11.0 Å². The lowest BCUT2D eigenvalue weighted by Crippen LogP contribution is -2.18. The van der Waals surface area contributed by atoms with Crippen LogP contribution in [0.1, 0.15) is 24.1 Å². The lowest BCUT2D eigenvalue weighted by Gasteiger charge is -2.14. The zero-order valence-electron chi connectivity index (χ0n) is 11.6. The van der Waals surface area contributed by atoms with Crippen LogP contribution in [-0.4, -0.2) is 0 Å². The van der Waals surface area contributed by atoms with E-state index in [1.807, 2.05) is 36.4 Å². The van der Waals surface area contributed by atoms with Gasteiger partial charge in [-0.15, -0.1) is 0 Å². The Labute approximate surface area is 137 Å². The van der Waals surface area contributed by atoms with Crippen LogP contribution in [0.15, 0.2) is 57.4 Å². The Kier molecular flexibility index (Phi) is 4.34. The SMILES string of the molecule is C[C@H](NCc1c(Cl)oc2ccccc12)c1cccc(Br)c1. The highest BCUT2D eigenvalue weighted by atomic mass is 79.9. The minimum absolute atomic E-state index is 0.229. The normalized spacial score (nSPS) is 12.7. The quantitative estimate of drug-likeness (QED) is 0.642. The van der Waals surface area contributed by atoms with Crippen LogP contribution < -0.4 is 5.32 Å². The Bertz CT molecular complexity index is 768. The molecule has 0 bridgehead atoms. The van der Waals surface area contributed by atoms with Crippen molar-refractivity contribution in [1.82, 2.24) is 5.32 Å². The second kappa shape index (κ2) is 6.22. The number of para-hydroxylation sites is 1. The van der Waals surface area contributed by atoms with Crippen LogP contribution >= 0.6 is 27.5 Å². The van der Waals surface area contributed by atoms with Crippen molar-refractivity contribution in [2.45, 2.75) is 19.5 Å². The first-order valence-electron chi connectivity index (χ1n) is 6.80. The van der Waals surface area contributed by atoms with Crippen LogP contribution in [0, 0.1) is 0 Å². The molecule has 2 nitrogen and oxygen atoms in total. The molecule has 0 spiro atoms. The molecule has 0 aliphatic heterocycles. The van der Waals surface area contributed by atoms with Crippen molar-refractivity contribution in [2.75, 3.05) is 0 Å². The van der Waals surface area contributed by atoms with Gasteiger partial charge in [0, 0.05) is 28.0 Å². The van der Waals surface area contributed by atoms with E-state index in [4.69, 9.17) is 16.0 Å². The van der Waals surface area contributed by atoms with Gasteiger partial charge >= 0.3 is 0 Å². The number of hydrogen-bond donors (Lipinski definition) is 1. The van der Waals surface area contributed by atoms with E-state index in [0.717, 1.165) is 21.0 Å². The fraction of sp³-hybridized carbons (Fsp3) is 0.176. The van der Waals surface area contributed by atoms with Gasteiger partial charge < -0.3 is 9.73 Å². The molecule has 108 valence electrons. The van der Waals surface area contributed by atoms with E-state index >= 15 is 0 Å². The minimum Gasteiger partial charge on any atom is -0.444 e. The molecule has 0 radical (unpaired) electrons. The fourth-order valence-electron chi connectivity index (χ4n) is 2.38. The average Bonchev–Trinajstić information content (AvgIpc) is 2.80. The molecule has 0 amide bonds. The monoisotopic (exact) mass is 363 g/mol. The van der Waals surface area contributed by atoms with Crippen molar-refractivity contribution in [3.8, 4) is 0 Å². The van der Waals surface area contributed by atoms with Gasteiger partial charge in [0.05, 0.1) is 0 Å². The summed E-state index contributed by atoms with van der Waals surface area (Å²) < 4.78 is 6.66. The van der Waals surface area contributed by atoms with Gasteiger partial charge in [-0.1, -0.05) is 46.3 Å². The third kappa shape index (κ3) is 3.15. The Morgan fingerprint density at radius 2 is 2.00 bits per heavy atom. The molecule has 1 N–H and O–H groups in total. The van der Waals surface area contributed by atoms with Crippen molar-refractivity contribution >= 4 is 38.5 Å². The van der Waals surface area contributed by atoms with Gasteiger partial charge in [0.1, 0.15) is 5.58 Å². The highest BCUT2D eigenvalue weighted by molar-refractivity contribution is 9.10. The number of fused-ring (bicyclic) bond motifs is 1. The summed E-state index contributed by atoms with van der Waals surface area (Å²) in [5.74, 6) is 0. The fourth-order valence-corrected chi connectivity index (χ4v) is 3.05. The van der Waals surface area contributed by atoms with Crippen LogP contribution in [0.2, 0.25) is 5.22 Å². The largest absolute Gasteiger partial charge is 0.444 e. The van der Waals surface area contributed by atoms with Crippen LogP contribution in [0.4, 0.5) is 0 Å². The van der Waals surface area contributed by atoms with Crippen molar-refractivity contribution in [3.05, 3.63) is 69.3 Å². The molecule has 21 heavy (non-hydrogen) atoms.